The van der Waals surface area contributed by atoms with Crippen LogP contribution in [0.4, 0.5) is 24.7 Å². The number of aromatic nitrogens is 4. The lowest BCUT2D eigenvalue weighted by Crippen LogP contribution is -2.47. The number of nitrogens with one attached hydrogen (secondary N) is 1. The smallest absolute Gasteiger partial charge is 0.194 e. The number of ketones is 1. The SMILES string of the molecule is Cc1cnn2cccc(C(=O)C3CNc4c(nn(C)c4-c4cc(F)c(F)c(F)c4)N3C)c12. The molecule has 0 radical (unpaired) electrons. The third-order valence-electron chi connectivity index (χ3n) is 5.85. The zero-order chi connectivity index (χ0) is 22.7. The number of carbonyl (C=O) groups is 1. The summed E-state index contributed by atoms with van der Waals surface area (Å²) in [5.74, 6) is -3.74. The fraction of sp³-hybridized carbons (Fsp3) is 0.227. The van der Waals surface area contributed by atoms with Crippen molar-refractivity contribution >= 4 is 22.8 Å². The van der Waals surface area contributed by atoms with Crippen LogP contribution in [0.25, 0.3) is 16.8 Å². The highest BCUT2D eigenvalue weighted by Gasteiger charge is 2.35. The van der Waals surface area contributed by atoms with Crippen molar-refractivity contribution in [2.24, 2.45) is 7.05 Å². The van der Waals surface area contributed by atoms with Crippen LogP contribution < -0.4 is 10.2 Å². The molecule has 7 nitrogen and oxygen atoms in total. The molecule has 0 spiro atoms. The molecule has 1 unspecified atom stereocenters. The predicted octanol–water partition coefficient (Wildman–Crippen LogP) is 3.57. The van der Waals surface area contributed by atoms with Crippen LogP contribution in [0.15, 0.2) is 36.7 Å². The minimum atomic E-state index is -1.52. The van der Waals surface area contributed by atoms with Crippen molar-refractivity contribution in [1.82, 2.24) is 19.4 Å². The summed E-state index contributed by atoms with van der Waals surface area (Å²) in [5.41, 5.74) is 3.23. The molecule has 1 N–H and O–H groups in total. The molecular formula is C22H19F3N6O. The van der Waals surface area contributed by atoms with Crippen LogP contribution in [-0.2, 0) is 7.05 Å². The first kappa shape index (κ1) is 20.1. The quantitative estimate of drug-likeness (QED) is 0.390. The van der Waals surface area contributed by atoms with Gasteiger partial charge in [-0.3, -0.25) is 9.48 Å². The van der Waals surface area contributed by atoms with E-state index in [-0.39, 0.29) is 17.9 Å². The number of aryl methyl sites for hydroxylation is 2. The van der Waals surface area contributed by atoms with Crippen LogP contribution in [0.3, 0.4) is 0 Å². The van der Waals surface area contributed by atoms with Crippen molar-refractivity contribution < 1.29 is 18.0 Å². The Morgan fingerprint density at radius 3 is 2.62 bits per heavy atom. The molecule has 0 amide bonds. The van der Waals surface area contributed by atoms with Crippen molar-refractivity contribution in [2.45, 2.75) is 13.0 Å². The molecule has 1 atom stereocenters. The van der Waals surface area contributed by atoms with Gasteiger partial charge in [0.2, 0.25) is 0 Å². The highest BCUT2D eigenvalue weighted by molar-refractivity contribution is 6.08. The molecule has 0 saturated heterocycles. The number of fused-ring (bicyclic) bond motifs is 2. The van der Waals surface area contributed by atoms with Crippen LogP contribution in [0.1, 0.15) is 15.9 Å². The number of halogens is 3. The number of carbonyl (C=O) groups excluding carboxylic acids is 1. The number of hydrogen-bond donors (Lipinski definition) is 1. The second-order valence-electron chi connectivity index (χ2n) is 7.84. The Balaban J connectivity index is 1.55. The Morgan fingerprint density at radius 1 is 1.19 bits per heavy atom. The van der Waals surface area contributed by atoms with Gasteiger partial charge in [-0.15, -0.1) is 0 Å². The Kier molecular flexibility index (Phi) is 4.47. The highest BCUT2D eigenvalue weighted by Crippen LogP contribution is 2.39. The fourth-order valence-electron chi connectivity index (χ4n) is 4.27. The number of pyridine rings is 1. The first-order valence-corrected chi connectivity index (χ1v) is 9.93. The molecule has 0 bridgehead atoms. The summed E-state index contributed by atoms with van der Waals surface area (Å²) in [7, 11) is 3.36. The van der Waals surface area contributed by atoms with Crippen LogP contribution in [0, 0.1) is 24.4 Å². The molecule has 1 aliphatic rings. The van der Waals surface area contributed by atoms with E-state index in [2.05, 4.69) is 15.5 Å². The van der Waals surface area contributed by atoms with E-state index in [1.807, 2.05) is 6.92 Å². The molecule has 4 heterocycles. The average molecular weight is 440 g/mol. The minimum Gasteiger partial charge on any atom is -0.378 e. The maximum atomic E-state index is 13.8. The zero-order valence-electron chi connectivity index (χ0n) is 17.5. The summed E-state index contributed by atoms with van der Waals surface area (Å²) in [6.07, 6.45) is 3.49. The van der Waals surface area contributed by atoms with E-state index in [1.165, 1.54) is 4.68 Å². The average Bonchev–Trinajstić information content (AvgIpc) is 3.31. The molecule has 0 fully saturated rings. The maximum absolute atomic E-state index is 13.8. The number of hydrogen-bond acceptors (Lipinski definition) is 5. The van der Waals surface area contributed by atoms with Gasteiger partial charge in [-0.05, 0) is 36.8 Å². The first-order valence-electron chi connectivity index (χ1n) is 9.93. The second-order valence-corrected chi connectivity index (χ2v) is 7.84. The molecule has 3 aromatic heterocycles. The number of Topliss-reactive ketones (excluding diaryl/α,β-unsaturated/α-hetero) is 1. The van der Waals surface area contributed by atoms with Crippen LogP contribution >= 0.6 is 0 Å². The Labute approximate surface area is 181 Å². The standard InChI is InChI=1S/C22H19F3N6O/c1-11-9-27-31-6-4-5-13(19(11)31)21(32)16-10-26-18-20(30(3)28-22(18)29(16)2)12-7-14(23)17(25)15(24)8-12/h4-9,16,26H,10H2,1-3H3. The Hall–Kier alpha value is -3.82. The molecule has 1 aliphatic heterocycles. The van der Waals surface area contributed by atoms with Crippen molar-refractivity contribution in [1.29, 1.82) is 0 Å². The van der Waals surface area contributed by atoms with Crippen LogP contribution in [-0.4, -0.2) is 44.8 Å². The number of anilines is 2. The zero-order valence-corrected chi connectivity index (χ0v) is 17.5. The lowest BCUT2D eigenvalue weighted by Gasteiger charge is -2.33. The normalized spacial score (nSPS) is 15.7. The van der Waals surface area contributed by atoms with E-state index in [0.717, 1.165) is 23.2 Å². The third-order valence-corrected chi connectivity index (χ3v) is 5.85. The summed E-state index contributed by atoms with van der Waals surface area (Å²) in [6.45, 7) is 2.15. The fourth-order valence-corrected chi connectivity index (χ4v) is 4.27. The molecule has 1 aromatic carbocycles. The van der Waals surface area contributed by atoms with Gasteiger partial charge in [0.25, 0.3) is 0 Å². The topological polar surface area (TPSA) is 67.5 Å². The molecule has 5 rings (SSSR count). The van der Waals surface area contributed by atoms with Gasteiger partial charge >= 0.3 is 0 Å². The summed E-state index contributed by atoms with van der Waals surface area (Å²) >= 11 is 0. The Morgan fingerprint density at radius 2 is 1.91 bits per heavy atom. The summed E-state index contributed by atoms with van der Waals surface area (Å²) < 4.78 is 44.2. The van der Waals surface area contributed by atoms with Crippen molar-refractivity contribution in [3.63, 3.8) is 0 Å². The highest BCUT2D eigenvalue weighted by atomic mass is 19.2. The van der Waals surface area contributed by atoms with Gasteiger partial charge in [-0.1, -0.05) is 0 Å². The van der Waals surface area contributed by atoms with E-state index in [9.17, 15) is 18.0 Å². The first-order chi connectivity index (χ1) is 15.3. The molecule has 0 aliphatic carbocycles. The van der Waals surface area contributed by atoms with Gasteiger partial charge < -0.3 is 10.2 Å². The van der Waals surface area contributed by atoms with Crippen molar-refractivity contribution in [3.05, 3.63) is 65.2 Å². The van der Waals surface area contributed by atoms with E-state index in [4.69, 9.17) is 0 Å². The van der Waals surface area contributed by atoms with Crippen molar-refractivity contribution in [3.8, 4) is 11.3 Å². The van der Waals surface area contributed by atoms with Gasteiger partial charge in [-0.2, -0.15) is 10.2 Å². The second kappa shape index (κ2) is 7.11. The number of benzene rings is 1. The molecule has 32 heavy (non-hydrogen) atoms. The molecule has 164 valence electrons. The molecule has 10 heteroatoms. The monoisotopic (exact) mass is 440 g/mol. The lowest BCUT2D eigenvalue weighted by molar-refractivity contribution is 0.0964. The van der Waals surface area contributed by atoms with E-state index >= 15 is 0 Å². The summed E-state index contributed by atoms with van der Waals surface area (Å²) in [6, 6.07) is 4.83. The van der Waals surface area contributed by atoms with E-state index < -0.39 is 23.5 Å². The lowest BCUT2D eigenvalue weighted by atomic mass is 9.99. The maximum Gasteiger partial charge on any atom is 0.194 e. The molecule has 4 aromatic rings. The summed E-state index contributed by atoms with van der Waals surface area (Å²) in [4.78, 5) is 15.2. The number of rotatable bonds is 3. The van der Waals surface area contributed by atoms with E-state index in [1.54, 1.807) is 48.0 Å². The largest absolute Gasteiger partial charge is 0.378 e. The van der Waals surface area contributed by atoms with E-state index in [0.29, 0.717) is 22.8 Å². The van der Waals surface area contributed by atoms with Crippen molar-refractivity contribution in [2.75, 3.05) is 23.8 Å². The summed E-state index contributed by atoms with van der Waals surface area (Å²) in [5, 5.41) is 11.9. The number of likely N-dealkylation sites (N-methyl/N-ethyl adjacent to an activating group) is 1. The third kappa shape index (κ3) is 2.86. The minimum absolute atomic E-state index is 0.106. The van der Waals surface area contributed by atoms with Crippen LogP contribution in [0.2, 0.25) is 0 Å². The number of nitrogens with zero attached hydrogens (tertiary/aromatic N) is 5. The predicted molar refractivity (Wildman–Crippen MR) is 113 cm³/mol. The van der Waals surface area contributed by atoms with Gasteiger partial charge in [0, 0.05) is 38.0 Å². The Bertz CT molecular complexity index is 1370. The van der Waals surface area contributed by atoms with Gasteiger partial charge in [0.1, 0.15) is 11.7 Å². The molecule has 0 saturated carbocycles. The van der Waals surface area contributed by atoms with Gasteiger partial charge in [-0.25, -0.2) is 17.7 Å². The van der Waals surface area contributed by atoms with Gasteiger partial charge in [0.05, 0.1) is 17.4 Å². The van der Waals surface area contributed by atoms with Gasteiger partial charge in [0.15, 0.2) is 29.1 Å². The van der Waals surface area contributed by atoms with Crippen LogP contribution in [0.5, 0.6) is 0 Å². The molecular weight excluding hydrogens is 421 g/mol.